The number of nitrogens with one attached hydrogen (secondary N) is 2. The van der Waals surface area contributed by atoms with E-state index < -0.39 is 0 Å². The second kappa shape index (κ2) is 7.79. The fourth-order valence-electron chi connectivity index (χ4n) is 3.01. The zero-order valence-corrected chi connectivity index (χ0v) is 14.7. The van der Waals surface area contributed by atoms with E-state index in [-0.39, 0.29) is 12.5 Å². The third-order valence-corrected chi connectivity index (χ3v) is 4.34. The summed E-state index contributed by atoms with van der Waals surface area (Å²) in [5.41, 5.74) is 5.03. The van der Waals surface area contributed by atoms with Gasteiger partial charge in [-0.25, -0.2) is 0 Å². The van der Waals surface area contributed by atoms with Gasteiger partial charge in [-0.05, 0) is 36.1 Å². The van der Waals surface area contributed by atoms with E-state index in [9.17, 15) is 4.79 Å². The van der Waals surface area contributed by atoms with Gasteiger partial charge < -0.3 is 10.6 Å². The van der Waals surface area contributed by atoms with Gasteiger partial charge in [-0.15, -0.1) is 0 Å². The van der Waals surface area contributed by atoms with Crippen LogP contribution in [0.1, 0.15) is 25.0 Å². The lowest BCUT2D eigenvalue weighted by Crippen LogP contribution is -2.23. The fourth-order valence-corrected chi connectivity index (χ4v) is 3.01. The largest absolute Gasteiger partial charge is 0.374 e. The van der Waals surface area contributed by atoms with Crippen molar-refractivity contribution in [2.24, 2.45) is 0 Å². The topological polar surface area (TPSA) is 54.0 Å². The smallest absolute Gasteiger partial charge is 0.243 e. The molecule has 0 saturated heterocycles. The Morgan fingerprint density at radius 2 is 1.64 bits per heavy atom. The minimum atomic E-state index is -0.0523. The van der Waals surface area contributed by atoms with E-state index in [1.54, 1.807) is 6.20 Å². The summed E-state index contributed by atoms with van der Waals surface area (Å²) in [4.78, 5) is 16.9. The summed E-state index contributed by atoms with van der Waals surface area (Å²) >= 11 is 0. The number of benzene rings is 2. The van der Waals surface area contributed by atoms with Crippen LogP contribution in [0.4, 0.5) is 11.4 Å². The van der Waals surface area contributed by atoms with Crippen LogP contribution in [0.3, 0.4) is 0 Å². The van der Waals surface area contributed by atoms with E-state index in [0.29, 0.717) is 0 Å². The second-order valence-corrected chi connectivity index (χ2v) is 5.94. The summed E-state index contributed by atoms with van der Waals surface area (Å²) in [7, 11) is 0. The molecular formula is C21H23N3O. The number of para-hydroxylation sites is 2. The highest BCUT2D eigenvalue weighted by Crippen LogP contribution is 2.23. The zero-order chi connectivity index (χ0) is 17.6. The summed E-state index contributed by atoms with van der Waals surface area (Å²) in [5, 5.41) is 7.34. The molecule has 0 fully saturated rings. The van der Waals surface area contributed by atoms with Gasteiger partial charge in [0.25, 0.3) is 0 Å². The number of nitrogens with zero attached hydrogens (tertiary/aromatic N) is 1. The molecule has 0 aliphatic rings. The van der Waals surface area contributed by atoms with Crippen LogP contribution in [-0.4, -0.2) is 17.4 Å². The zero-order valence-electron chi connectivity index (χ0n) is 14.7. The maximum absolute atomic E-state index is 12.5. The molecule has 25 heavy (non-hydrogen) atoms. The normalized spacial score (nSPS) is 10.6. The third-order valence-electron chi connectivity index (χ3n) is 4.34. The molecule has 1 aromatic heterocycles. The Hall–Kier alpha value is -2.88. The Bertz CT molecular complexity index is 862. The van der Waals surface area contributed by atoms with Crippen molar-refractivity contribution in [1.82, 2.24) is 4.98 Å². The molecule has 2 aromatic carbocycles. The lowest BCUT2D eigenvalue weighted by atomic mass is 10.0. The van der Waals surface area contributed by atoms with Crippen molar-refractivity contribution in [3.05, 3.63) is 65.9 Å². The van der Waals surface area contributed by atoms with Gasteiger partial charge in [-0.1, -0.05) is 50.2 Å². The standard InChI is InChI=1S/C21H23N3O/c1-3-15-8-5-9-16(4-2)20(15)24-19(25)14-23-18-12-6-10-17-11-7-13-22-21(17)18/h5-13,23H,3-4,14H2,1-2H3,(H,24,25). The first-order chi connectivity index (χ1) is 12.2. The van der Waals surface area contributed by atoms with Crippen molar-refractivity contribution < 1.29 is 4.79 Å². The van der Waals surface area contributed by atoms with E-state index in [4.69, 9.17) is 0 Å². The predicted molar refractivity (Wildman–Crippen MR) is 104 cm³/mol. The molecule has 0 aliphatic heterocycles. The number of rotatable bonds is 6. The molecule has 0 aliphatic carbocycles. The van der Waals surface area contributed by atoms with E-state index >= 15 is 0 Å². The Labute approximate surface area is 148 Å². The molecule has 128 valence electrons. The van der Waals surface area contributed by atoms with Crippen molar-refractivity contribution in [3.8, 4) is 0 Å². The van der Waals surface area contributed by atoms with Gasteiger partial charge in [0.15, 0.2) is 0 Å². The van der Waals surface area contributed by atoms with Gasteiger partial charge in [0.2, 0.25) is 5.91 Å². The van der Waals surface area contributed by atoms with Crippen LogP contribution in [0.15, 0.2) is 54.7 Å². The summed E-state index contributed by atoms with van der Waals surface area (Å²) < 4.78 is 0. The van der Waals surface area contributed by atoms with Gasteiger partial charge in [0, 0.05) is 17.3 Å². The Kier molecular flexibility index (Phi) is 5.29. The minimum absolute atomic E-state index is 0.0523. The highest BCUT2D eigenvalue weighted by atomic mass is 16.1. The first-order valence-electron chi connectivity index (χ1n) is 8.71. The quantitative estimate of drug-likeness (QED) is 0.702. The average molecular weight is 333 g/mol. The number of aryl methyl sites for hydroxylation is 2. The van der Waals surface area contributed by atoms with Crippen LogP contribution in [0, 0.1) is 0 Å². The van der Waals surface area contributed by atoms with Crippen LogP contribution in [0.25, 0.3) is 10.9 Å². The van der Waals surface area contributed by atoms with Crippen molar-refractivity contribution in [2.75, 3.05) is 17.2 Å². The molecule has 4 heteroatoms. The molecule has 3 aromatic rings. The monoisotopic (exact) mass is 333 g/mol. The van der Waals surface area contributed by atoms with Gasteiger partial charge in [0.1, 0.15) is 0 Å². The third kappa shape index (κ3) is 3.79. The van der Waals surface area contributed by atoms with Crippen LogP contribution in [0.5, 0.6) is 0 Å². The molecule has 2 N–H and O–H groups in total. The van der Waals surface area contributed by atoms with E-state index in [1.807, 2.05) is 36.4 Å². The lowest BCUT2D eigenvalue weighted by molar-refractivity contribution is -0.114. The molecule has 0 atom stereocenters. The van der Waals surface area contributed by atoms with Gasteiger partial charge in [0.05, 0.1) is 17.7 Å². The first kappa shape index (κ1) is 17.0. The molecule has 0 bridgehead atoms. The van der Waals surface area contributed by atoms with Crippen molar-refractivity contribution in [1.29, 1.82) is 0 Å². The lowest BCUT2D eigenvalue weighted by Gasteiger charge is -2.15. The van der Waals surface area contributed by atoms with Crippen molar-refractivity contribution in [3.63, 3.8) is 0 Å². The average Bonchev–Trinajstić information content (AvgIpc) is 2.66. The summed E-state index contributed by atoms with van der Waals surface area (Å²) in [5.74, 6) is -0.0523. The number of pyridine rings is 1. The number of fused-ring (bicyclic) bond motifs is 1. The van der Waals surface area contributed by atoms with Crippen molar-refractivity contribution in [2.45, 2.75) is 26.7 Å². The number of hydrogen-bond donors (Lipinski definition) is 2. The highest BCUT2D eigenvalue weighted by Gasteiger charge is 2.10. The van der Waals surface area contributed by atoms with Crippen LogP contribution in [0.2, 0.25) is 0 Å². The molecule has 4 nitrogen and oxygen atoms in total. The molecule has 1 amide bonds. The Balaban J connectivity index is 1.73. The molecular weight excluding hydrogens is 310 g/mol. The summed E-state index contributed by atoms with van der Waals surface area (Å²) in [6.07, 6.45) is 3.55. The van der Waals surface area contributed by atoms with Crippen LogP contribution >= 0.6 is 0 Å². The number of aromatic nitrogens is 1. The van der Waals surface area contributed by atoms with Crippen LogP contribution < -0.4 is 10.6 Å². The summed E-state index contributed by atoms with van der Waals surface area (Å²) in [6, 6.07) is 16.0. The number of carbonyl (C=O) groups excluding carboxylic acids is 1. The van der Waals surface area contributed by atoms with E-state index in [1.165, 1.54) is 11.1 Å². The second-order valence-electron chi connectivity index (χ2n) is 5.94. The maximum atomic E-state index is 12.5. The molecule has 0 radical (unpaired) electrons. The summed E-state index contributed by atoms with van der Waals surface area (Å²) in [6.45, 7) is 4.41. The van der Waals surface area contributed by atoms with Crippen molar-refractivity contribution >= 4 is 28.2 Å². The molecule has 3 rings (SSSR count). The van der Waals surface area contributed by atoms with Crippen LogP contribution in [-0.2, 0) is 17.6 Å². The van der Waals surface area contributed by atoms with Gasteiger partial charge in [-0.3, -0.25) is 9.78 Å². The van der Waals surface area contributed by atoms with E-state index in [2.05, 4.69) is 41.6 Å². The molecule has 0 spiro atoms. The number of hydrogen-bond acceptors (Lipinski definition) is 3. The highest BCUT2D eigenvalue weighted by molar-refractivity contribution is 5.97. The van der Waals surface area contributed by atoms with Gasteiger partial charge in [-0.2, -0.15) is 0 Å². The Morgan fingerprint density at radius 3 is 2.36 bits per heavy atom. The minimum Gasteiger partial charge on any atom is -0.374 e. The van der Waals surface area contributed by atoms with Gasteiger partial charge >= 0.3 is 0 Å². The maximum Gasteiger partial charge on any atom is 0.243 e. The number of anilines is 2. The first-order valence-corrected chi connectivity index (χ1v) is 8.71. The molecule has 0 saturated carbocycles. The number of carbonyl (C=O) groups is 1. The van der Waals surface area contributed by atoms with E-state index in [0.717, 1.165) is 35.1 Å². The number of amides is 1. The Morgan fingerprint density at radius 1 is 0.960 bits per heavy atom. The molecule has 0 unspecified atom stereocenters. The SMILES string of the molecule is CCc1cccc(CC)c1NC(=O)CNc1cccc2cccnc12. The molecule has 1 heterocycles. The predicted octanol–water partition coefficient (Wildman–Crippen LogP) is 4.41. The fraction of sp³-hybridized carbons (Fsp3) is 0.238.